The van der Waals surface area contributed by atoms with E-state index in [1.165, 1.54) is 11.3 Å². The van der Waals surface area contributed by atoms with E-state index < -0.39 is 5.97 Å². The molecule has 2 aromatic rings. The Labute approximate surface area is 142 Å². The van der Waals surface area contributed by atoms with Crippen LogP contribution in [0.15, 0.2) is 24.7 Å². The Hall–Kier alpha value is -2.35. The van der Waals surface area contributed by atoms with Gasteiger partial charge in [-0.3, -0.25) is 9.59 Å². The van der Waals surface area contributed by atoms with E-state index in [0.717, 1.165) is 19.3 Å². The smallest absolute Gasteiger partial charge is 0.307 e. The van der Waals surface area contributed by atoms with Crippen LogP contribution in [0.3, 0.4) is 0 Å². The molecule has 24 heavy (non-hydrogen) atoms. The van der Waals surface area contributed by atoms with Crippen LogP contribution in [0.1, 0.15) is 28.9 Å². The van der Waals surface area contributed by atoms with Crippen molar-refractivity contribution in [2.45, 2.75) is 19.3 Å². The fourth-order valence-corrected chi connectivity index (χ4v) is 4.28. The molecule has 4 rings (SSSR count). The van der Waals surface area contributed by atoms with Crippen LogP contribution in [-0.4, -0.2) is 49.9 Å². The van der Waals surface area contributed by atoms with E-state index in [1.807, 2.05) is 0 Å². The fourth-order valence-electron chi connectivity index (χ4n) is 3.45. The average Bonchev–Trinajstić information content (AvgIpc) is 3.09. The maximum atomic E-state index is 12.6. The quantitative estimate of drug-likeness (QED) is 0.914. The van der Waals surface area contributed by atoms with Crippen molar-refractivity contribution in [1.82, 2.24) is 19.9 Å². The molecule has 2 fully saturated rings. The van der Waals surface area contributed by atoms with E-state index in [0.29, 0.717) is 28.8 Å². The number of nitrogens with zero attached hydrogens (tertiary/aromatic N) is 4. The summed E-state index contributed by atoms with van der Waals surface area (Å²) in [5, 5.41) is 9.76. The van der Waals surface area contributed by atoms with Gasteiger partial charge in [-0.15, -0.1) is 11.3 Å². The topological polar surface area (TPSA) is 96.3 Å². The van der Waals surface area contributed by atoms with Gasteiger partial charge in [-0.1, -0.05) is 0 Å². The van der Waals surface area contributed by atoms with E-state index in [1.54, 1.807) is 29.6 Å². The number of piperidine rings is 1. The highest BCUT2D eigenvalue weighted by Gasteiger charge is 2.59. The van der Waals surface area contributed by atoms with Gasteiger partial charge < -0.3 is 10.0 Å². The van der Waals surface area contributed by atoms with Gasteiger partial charge in [-0.05, 0) is 30.7 Å². The van der Waals surface area contributed by atoms with E-state index in [9.17, 15) is 9.59 Å². The second-order valence-corrected chi connectivity index (χ2v) is 7.38. The number of rotatable bonds is 3. The molecule has 7 nitrogen and oxygen atoms in total. The predicted octanol–water partition coefficient (Wildman–Crippen LogP) is 1.93. The van der Waals surface area contributed by atoms with Gasteiger partial charge in [0, 0.05) is 25.5 Å². The Bertz CT molecular complexity index is 784. The Morgan fingerprint density at radius 2 is 1.92 bits per heavy atom. The maximum absolute atomic E-state index is 12.6. The van der Waals surface area contributed by atoms with Crippen LogP contribution < -0.4 is 0 Å². The molecule has 3 heterocycles. The van der Waals surface area contributed by atoms with Gasteiger partial charge in [0.2, 0.25) is 0 Å². The Morgan fingerprint density at radius 1 is 1.21 bits per heavy atom. The Kier molecular flexibility index (Phi) is 3.56. The molecule has 1 amide bonds. The van der Waals surface area contributed by atoms with Crippen molar-refractivity contribution >= 4 is 23.2 Å². The molecule has 0 radical (unpaired) electrons. The third kappa shape index (κ3) is 2.56. The van der Waals surface area contributed by atoms with Crippen molar-refractivity contribution < 1.29 is 14.7 Å². The number of carbonyl (C=O) groups is 2. The number of carboxylic acids is 1. The standard InChI is InChI=1S/C16H16N4O3S/c21-14(11-9-19-13(24-11)12-17-4-1-5-18-12)20-6-2-16(3-7-20)8-10(16)15(22)23/h1,4-5,9-10H,2-3,6-8H2,(H,22,23). The summed E-state index contributed by atoms with van der Waals surface area (Å²) in [6.45, 7) is 1.22. The molecule has 1 aliphatic heterocycles. The van der Waals surface area contributed by atoms with Crippen LogP contribution >= 0.6 is 11.3 Å². The monoisotopic (exact) mass is 344 g/mol. The highest BCUT2D eigenvalue weighted by atomic mass is 32.1. The molecule has 8 heteroatoms. The van der Waals surface area contributed by atoms with Gasteiger partial charge in [-0.25, -0.2) is 15.0 Å². The van der Waals surface area contributed by atoms with E-state index in [-0.39, 0.29) is 17.2 Å². The molecule has 1 unspecified atom stereocenters. The van der Waals surface area contributed by atoms with Crippen molar-refractivity contribution in [3.8, 4) is 10.8 Å². The van der Waals surface area contributed by atoms with Crippen LogP contribution in [-0.2, 0) is 4.79 Å². The number of carbonyl (C=O) groups excluding carboxylic acids is 1. The van der Waals surface area contributed by atoms with Crippen LogP contribution in [0.5, 0.6) is 0 Å². The third-order valence-corrected chi connectivity index (χ3v) is 5.99. The zero-order valence-electron chi connectivity index (χ0n) is 12.9. The summed E-state index contributed by atoms with van der Waals surface area (Å²) in [5.74, 6) is -0.455. The number of likely N-dealkylation sites (tertiary alicyclic amines) is 1. The van der Waals surface area contributed by atoms with E-state index >= 15 is 0 Å². The lowest BCUT2D eigenvalue weighted by Gasteiger charge is -2.32. The SMILES string of the molecule is O=C(O)C1CC12CCN(C(=O)c1cnc(-c3ncccn3)s1)CC2. The molecule has 0 aromatic carbocycles. The largest absolute Gasteiger partial charge is 0.481 e. The first-order chi connectivity index (χ1) is 11.6. The van der Waals surface area contributed by atoms with Crippen LogP contribution in [0, 0.1) is 11.3 Å². The molecular formula is C16H16N4O3S. The summed E-state index contributed by atoms with van der Waals surface area (Å²) in [4.78, 5) is 38.6. The first-order valence-corrected chi connectivity index (χ1v) is 8.66. The third-order valence-electron chi connectivity index (χ3n) is 5.01. The molecule has 2 aliphatic rings. The Morgan fingerprint density at radius 3 is 2.54 bits per heavy atom. The molecule has 124 valence electrons. The number of carboxylic acid groups (broad SMARTS) is 1. The molecule has 1 atom stereocenters. The first kappa shape index (κ1) is 15.2. The molecule has 2 aromatic heterocycles. The van der Waals surface area contributed by atoms with Crippen LogP contribution in [0.25, 0.3) is 10.8 Å². The lowest BCUT2D eigenvalue weighted by molar-refractivity contribution is -0.139. The van der Waals surface area contributed by atoms with Gasteiger partial charge in [0.1, 0.15) is 4.88 Å². The van der Waals surface area contributed by atoms with Gasteiger partial charge >= 0.3 is 5.97 Å². The van der Waals surface area contributed by atoms with Crippen LogP contribution in [0.4, 0.5) is 0 Å². The van der Waals surface area contributed by atoms with Crippen molar-refractivity contribution in [1.29, 1.82) is 0 Å². The normalized spacial score (nSPS) is 21.7. The molecule has 1 saturated carbocycles. The minimum Gasteiger partial charge on any atom is -0.481 e. The number of amides is 1. The first-order valence-electron chi connectivity index (χ1n) is 7.84. The van der Waals surface area contributed by atoms with Crippen LogP contribution in [0.2, 0.25) is 0 Å². The number of thiazole rings is 1. The number of aliphatic carboxylic acids is 1. The number of hydrogen-bond acceptors (Lipinski definition) is 6. The maximum Gasteiger partial charge on any atom is 0.307 e. The summed E-state index contributed by atoms with van der Waals surface area (Å²) < 4.78 is 0. The summed E-state index contributed by atoms with van der Waals surface area (Å²) >= 11 is 1.29. The van der Waals surface area contributed by atoms with Crippen molar-refractivity contribution in [3.63, 3.8) is 0 Å². The number of hydrogen-bond donors (Lipinski definition) is 1. The minimum absolute atomic E-state index is 0.0444. The molecular weight excluding hydrogens is 328 g/mol. The van der Waals surface area contributed by atoms with Gasteiger partial charge in [0.15, 0.2) is 10.8 Å². The minimum atomic E-state index is -0.704. The van der Waals surface area contributed by atoms with E-state index in [4.69, 9.17) is 5.11 Å². The summed E-state index contributed by atoms with van der Waals surface area (Å²) in [6.07, 6.45) is 7.14. The second kappa shape index (κ2) is 5.62. The summed E-state index contributed by atoms with van der Waals surface area (Å²) in [7, 11) is 0. The van der Waals surface area contributed by atoms with E-state index in [2.05, 4.69) is 15.0 Å². The second-order valence-electron chi connectivity index (χ2n) is 6.35. The van der Waals surface area contributed by atoms with Crippen molar-refractivity contribution in [3.05, 3.63) is 29.5 Å². The highest BCUT2D eigenvalue weighted by molar-refractivity contribution is 7.16. The Balaban J connectivity index is 1.43. The van der Waals surface area contributed by atoms with Gasteiger partial charge in [0.25, 0.3) is 5.91 Å². The van der Waals surface area contributed by atoms with Crippen molar-refractivity contribution in [2.24, 2.45) is 11.3 Å². The van der Waals surface area contributed by atoms with Crippen molar-refractivity contribution in [2.75, 3.05) is 13.1 Å². The molecule has 1 saturated heterocycles. The van der Waals surface area contributed by atoms with Gasteiger partial charge in [0.05, 0.1) is 12.1 Å². The number of aromatic nitrogens is 3. The fraction of sp³-hybridized carbons (Fsp3) is 0.438. The molecule has 0 bridgehead atoms. The lowest BCUT2D eigenvalue weighted by Crippen LogP contribution is -2.39. The zero-order chi connectivity index (χ0) is 16.7. The average molecular weight is 344 g/mol. The molecule has 1 N–H and O–H groups in total. The predicted molar refractivity (Wildman–Crippen MR) is 86.5 cm³/mol. The molecule has 1 aliphatic carbocycles. The van der Waals surface area contributed by atoms with Gasteiger partial charge in [-0.2, -0.15) is 0 Å². The zero-order valence-corrected chi connectivity index (χ0v) is 13.7. The summed E-state index contributed by atoms with van der Waals surface area (Å²) in [6, 6.07) is 1.73. The lowest BCUT2D eigenvalue weighted by atomic mass is 9.91. The highest BCUT2D eigenvalue weighted by Crippen LogP contribution is 2.59. The summed E-state index contributed by atoms with van der Waals surface area (Å²) in [5.41, 5.74) is -0.0701. The molecule has 1 spiro atoms.